The summed E-state index contributed by atoms with van der Waals surface area (Å²) in [4.78, 5) is 25.6. The fraction of sp³-hybridized carbons (Fsp3) is 0.364. The first-order chi connectivity index (χ1) is 14.7. The van der Waals surface area contributed by atoms with Crippen molar-refractivity contribution in [2.24, 2.45) is 11.8 Å². The first-order valence-corrected chi connectivity index (χ1v) is 9.95. The minimum Gasteiger partial charge on any atom is -0.497 e. The zero-order chi connectivity index (χ0) is 23.3. The molecule has 0 aliphatic carbocycles. The lowest BCUT2D eigenvalue weighted by atomic mass is 9.82. The van der Waals surface area contributed by atoms with Gasteiger partial charge in [-0.3, -0.25) is 9.80 Å². The van der Waals surface area contributed by atoms with E-state index in [0.29, 0.717) is 29.0 Å². The van der Waals surface area contributed by atoms with Crippen LogP contribution in [-0.2, 0) is 9.59 Å². The molecule has 6 N–H and O–H groups in total. The van der Waals surface area contributed by atoms with Gasteiger partial charge < -0.3 is 25.2 Å². The summed E-state index contributed by atoms with van der Waals surface area (Å²) in [7, 11) is 3.38. The number of aliphatic hydroxyl groups excluding tert-OH is 1. The maximum absolute atomic E-state index is 12.4. The van der Waals surface area contributed by atoms with Gasteiger partial charge in [-0.05, 0) is 43.5 Å². The van der Waals surface area contributed by atoms with Crippen LogP contribution in [0.25, 0.3) is 5.57 Å². The normalized spacial score (nSPS) is 20.6. The van der Waals surface area contributed by atoms with Crippen LogP contribution < -0.4 is 20.9 Å². The molecule has 2 unspecified atom stereocenters. The number of aliphatic carboxylic acids is 1. The number of ether oxygens (including phenoxy) is 1. The van der Waals surface area contributed by atoms with Gasteiger partial charge in [0.15, 0.2) is 0 Å². The van der Waals surface area contributed by atoms with E-state index in [2.05, 4.69) is 6.58 Å². The van der Waals surface area contributed by atoms with Crippen molar-refractivity contribution in [3.05, 3.63) is 54.5 Å². The number of carboxylic acid groups (broad SMARTS) is 1. The number of hydrogen-bond acceptors (Lipinski definition) is 6. The molecule has 0 spiro atoms. The van der Waals surface area contributed by atoms with Crippen LogP contribution in [0.2, 0.25) is 0 Å². The van der Waals surface area contributed by atoms with E-state index in [0.717, 1.165) is 0 Å². The predicted molar refractivity (Wildman–Crippen MR) is 117 cm³/mol. The van der Waals surface area contributed by atoms with Gasteiger partial charge >= 0.3 is 5.97 Å². The molecule has 2 heterocycles. The Labute approximate surface area is 182 Å². The molecular weight excluding hydrogens is 400 g/mol. The summed E-state index contributed by atoms with van der Waals surface area (Å²) < 4.78 is 5.35. The molecule has 1 aromatic rings. The van der Waals surface area contributed by atoms with Crippen molar-refractivity contribution < 1.29 is 29.9 Å². The zero-order valence-electron chi connectivity index (χ0n) is 18.3. The fourth-order valence-corrected chi connectivity index (χ4v) is 3.82. The van der Waals surface area contributed by atoms with E-state index < -0.39 is 18.0 Å². The molecule has 168 valence electrons. The number of β-lactam (4-membered cyclic amide) rings is 1. The summed E-state index contributed by atoms with van der Waals surface area (Å²) in [5, 5.41) is 22.9. The number of nitrogens with two attached hydrogens (primary N) is 2. The molecule has 0 radical (unpaired) electrons. The van der Waals surface area contributed by atoms with Crippen molar-refractivity contribution in [2.45, 2.75) is 32.4 Å². The molecule has 3 rings (SSSR count). The van der Waals surface area contributed by atoms with Crippen molar-refractivity contribution in [1.29, 1.82) is 0 Å². The summed E-state index contributed by atoms with van der Waals surface area (Å²) in [5.41, 5.74) is 1.70. The van der Waals surface area contributed by atoms with E-state index in [4.69, 9.17) is 10.6 Å². The average molecular weight is 432 g/mol. The third-order valence-electron chi connectivity index (χ3n) is 5.14. The molecule has 9 heteroatoms. The number of hydrazine groups is 1. The monoisotopic (exact) mass is 431 g/mol. The average Bonchev–Trinajstić information content (AvgIpc) is 3.07. The van der Waals surface area contributed by atoms with Gasteiger partial charge in [0, 0.05) is 6.07 Å². The quantitative estimate of drug-likeness (QED) is 0.215. The molecule has 3 atom stereocenters. The van der Waals surface area contributed by atoms with Crippen LogP contribution in [0.15, 0.2) is 49.0 Å². The van der Waals surface area contributed by atoms with Crippen LogP contribution in [0.1, 0.15) is 25.8 Å². The number of fused-ring (bicyclic) bond motifs is 1. The van der Waals surface area contributed by atoms with Gasteiger partial charge in [-0.25, -0.2) is 10.6 Å². The lowest BCUT2D eigenvalue weighted by Gasteiger charge is -2.44. The van der Waals surface area contributed by atoms with E-state index in [1.54, 1.807) is 43.6 Å². The van der Waals surface area contributed by atoms with Crippen LogP contribution in [-0.4, -0.2) is 53.3 Å². The highest BCUT2D eigenvalue weighted by Gasteiger charge is 2.56. The number of allylic oxidation sites excluding steroid dienone is 1. The summed E-state index contributed by atoms with van der Waals surface area (Å²) in [6.07, 6.45) is 4.70. The number of benzene rings is 1. The number of nitrogens with zero attached hydrogens (tertiary/aromatic N) is 2. The Morgan fingerprint density at radius 1 is 1.45 bits per heavy atom. The van der Waals surface area contributed by atoms with E-state index in [9.17, 15) is 19.8 Å². The third-order valence-corrected chi connectivity index (χ3v) is 5.14. The maximum Gasteiger partial charge on any atom is 0.352 e. The van der Waals surface area contributed by atoms with Gasteiger partial charge in [0.05, 0.1) is 44.1 Å². The molecule has 1 aromatic carbocycles. The second-order valence-corrected chi connectivity index (χ2v) is 7.29. The molecule has 0 saturated carbocycles. The number of rotatable bonds is 7. The van der Waals surface area contributed by atoms with Crippen LogP contribution in [0.3, 0.4) is 0 Å². The molecule has 1 fully saturated rings. The Bertz CT molecular complexity index is 909. The number of amides is 1. The van der Waals surface area contributed by atoms with Crippen LogP contribution in [0.5, 0.6) is 5.75 Å². The lowest BCUT2D eigenvalue weighted by Crippen LogP contribution is -2.72. The molecular formula is C22H31N4O5+. The van der Waals surface area contributed by atoms with Crippen molar-refractivity contribution in [2.75, 3.05) is 19.2 Å². The first-order valence-electron chi connectivity index (χ1n) is 9.95. The van der Waals surface area contributed by atoms with Gasteiger partial charge in [-0.15, -0.1) is 6.58 Å². The second-order valence-electron chi connectivity index (χ2n) is 7.29. The molecule has 9 nitrogen and oxygen atoms in total. The Morgan fingerprint density at radius 3 is 2.61 bits per heavy atom. The van der Waals surface area contributed by atoms with Crippen LogP contribution in [0, 0.1) is 5.92 Å². The highest BCUT2D eigenvalue weighted by atomic mass is 16.5. The molecule has 1 saturated heterocycles. The minimum absolute atomic E-state index is 0.0490. The van der Waals surface area contributed by atoms with Crippen molar-refractivity contribution in [1.82, 2.24) is 4.90 Å². The smallest absolute Gasteiger partial charge is 0.352 e. The second kappa shape index (κ2) is 10.3. The molecule has 2 aliphatic rings. The van der Waals surface area contributed by atoms with E-state index in [1.165, 1.54) is 17.0 Å². The molecule has 31 heavy (non-hydrogen) atoms. The van der Waals surface area contributed by atoms with Gasteiger partial charge in [0.2, 0.25) is 5.91 Å². The van der Waals surface area contributed by atoms with Gasteiger partial charge in [0.1, 0.15) is 17.6 Å². The summed E-state index contributed by atoms with van der Waals surface area (Å²) in [5.74, 6) is 4.44. The fourth-order valence-electron chi connectivity index (χ4n) is 3.82. The first kappa shape index (κ1) is 24.1. The topological polar surface area (TPSA) is 133 Å². The molecule has 0 aromatic heterocycles. The van der Waals surface area contributed by atoms with Crippen LogP contribution in [0.4, 0.5) is 5.69 Å². The van der Waals surface area contributed by atoms with Gasteiger partial charge in [-0.2, -0.15) is 0 Å². The molecule has 0 bridgehead atoms. The zero-order valence-corrected chi connectivity index (χ0v) is 18.3. The van der Waals surface area contributed by atoms with Crippen molar-refractivity contribution in [3.8, 4) is 5.75 Å². The van der Waals surface area contributed by atoms with E-state index in [1.807, 2.05) is 19.3 Å². The molecule has 2 aliphatic heterocycles. The van der Waals surface area contributed by atoms with Crippen LogP contribution >= 0.6 is 0 Å². The highest BCUT2D eigenvalue weighted by molar-refractivity contribution is 6.06. The number of methoxy groups -OCH3 is 1. The minimum atomic E-state index is -1.18. The van der Waals surface area contributed by atoms with Crippen molar-refractivity contribution >= 4 is 23.1 Å². The summed E-state index contributed by atoms with van der Waals surface area (Å²) in [6, 6.07) is 4.86. The maximum atomic E-state index is 12.4. The summed E-state index contributed by atoms with van der Waals surface area (Å²) >= 11 is 0. The summed E-state index contributed by atoms with van der Waals surface area (Å²) in [6.45, 7) is 6.80. The number of quaternary nitrogens is 1. The SMILES string of the molecule is C=CC.C[NH2+]/C=C\N(N)c1cc(OC)cc(C2=C(C(=O)O)N3C(=O)[C@H](C(C)O)C3C2)c1. The van der Waals surface area contributed by atoms with Gasteiger partial charge in [0.25, 0.3) is 0 Å². The largest absolute Gasteiger partial charge is 0.497 e. The van der Waals surface area contributed by atoms with Gasteiger partial charge in [-0.1, -0.05) is 6.08 Å². The number of aliphatic hydroxyl groups is 1. The number of hydrogen-bond donors (Lipinski definition) is 4. The highest BCUT2D eigenvalue weighted by Crippen LogP contribution is 2.47. The number of carboxylic acids is 1. The Balaban J connectivity index is 0.00000107. The Morgan fingerprint density at radius 2 is 2.10 bits per heavy atom. The number of anilines is 1. The predicted octanol–water partition coefficient (Wildman–Crippen LogP) is 0.639. The lowest BCUT2D eigenvalue weighted by molar-refractivity contribution is -0.556. The molecule has 1 amide bonds. The van der Waals surface area contributed by atoms with E-state index in [-0.39, 0.29) is 17.6 Å². The Hall–Kier alpha value is -3.14. The van der Waals surface area contributed by atoms with Crippen molar-refractivity contribution in [3.63, 3.8) is 0 Å². The standard InChI is InChI=1S/C19H24N4O5.C3H6/c1-10(24)16-15-9-14(17(19(26)27)23(15)18(16)25)11-6-12(8-13(7-11)28-3)22(20)5-4-21-2;1-3-2/h4-8,10,15-16,21,24H,9,20H2,1-3H3,(H,26,27);3H,1H2,2H3/p+1/b5-4-;/t10?,15?,16-;/m1./s1. The Kier molecular flexibility index (Phi) is 7.98. The number of carbonyl (C=O) groups is 2. The third kappa shape index (κ3) is 4.79. The van der Waals surface area contributed by atoms with E-state index >= 15 is 0 Å². The number of carbonyl (C=O) groups excluding carboxylic acids is 1.